The van der Waals surface area contributed by atoms with Gasteiger partial charge in [-0.3, -0.25) is 0 Å². The van der Waals surface area contributed by atoms with E-state index >= 15 is 0 Å². The first kappa shape index (κ1) is 10.7. The Hall–Kier alpha value is -0.860. The van der Waals surface area contributed by atoms with E-state index in [4.69, 9.17) is 0 Å². The number of nitrogens with one attached hydrogen (secondary N) is 1. The van der Waals surface area contributed by atoms with Crippen molar-refractivity contribution in [1.82, 2.24) is 10.2 Å². The van der Waals surface area contributed by atoms with Crippen LogP contribution in [-0.4, -0.2) is 25.5 Å². The first-order valence-electron chi connectivity index (χ1n) is 5.63. The van der Waals surface area contributed by atoms with Gasteiger partial charge in [-0.1, -0.05) is 12.1 Å². The topological polar surface area (TPSA) is 15.3 Å². The van der Waals surface area contributed by atoms with Crippen LogP contribution < -0.4 is 5.32 Å². The van der Waals surface area contributed by atoms with Crippen LogP contribution in [-0.2, 0) is 19.5 Å². The van der Waals surface area contributed by atoms with Gasteiger partial charge in [0.25, 0.3) is 0 Å². The van der Waals surface area contributed by atoms with E-state index < -0.39 is 0 Å². The Bertz CT molecular complexity index is 356. The van der Waals surface area contributed by atoms with Crippen LogP contribution in [0.1, 0.15) is 22.3 Å². The van der Waals surface area contributed by atoms with Gasteiger partial charge in [-0.05, 0) is 56.2 Å². The Morgan fingerprint density at radius 2 is 2.13 bits per heavy atom. The Kier molecular flexibility index (Phi) is 3.08. The van der Waals surface area contributed by atoms with Crippen molar-refractivity contribution < 1.29 is 0 Å². The molecule has 0 bridgehead atoms. The molecule has 1 N–H and O–H groups in total. The summed E-state index contributed by atoms with van der Waals surface area (Å²) in [5, 5.41) is 3.43. The number of aryl methyl sites for hydroxylation is 1. The molecule has 1 aliphatic heterocycles. The fourth-order valence-electron chi connectivity index (χ4n) is 2.34. The first-order valence-corrected chi connectivity index (χ1v) is 5.63. The highest BCUT2D eigenvalue weighted by Crippen LogP contribution is 2.20. The molecule has 2 heteroatoms. The predicted molar refractivity (Wildman–Crippen MR) is 64.0 cm³/mol. The van der Waals surface area contributed by atoms with Crippen LogP contribution >= 0.6 is 0 Å². The molecule has 15 heavy (non-hydrogen) atoms. The molecule has 82 valence electrons. The average molecular weight is 204 g/mol. The highest BCUT2D eigenvalue weighted by atomic mass is 15.0. The van der Waals surface area contributed by atoms with E-state index in [0.29, 0.717) is 0 Å². The standard InChI is InChI=1S/C13H20N2/c1-10-6-11(9-15(2)3)7-12-4-5-14-8-13(10)12/h6-7,14H,4-5,8-9H2,1-3H3. The van der Waals surface area contributed by atoms with Gasteiger partial charge in [-0.15, -0.1) is 0 Å². The van der Waals surface area contributed by atoms with Crippen LogP contribution in [0.3, 0.4) is 0 Å². The number of hydrogen-bond donors (Lipinski definition) is 1. The van der Waals surface area contributed by atoms with Crippen molar-refractivity contribution in [3.8, 4) is 0 Å². The Morgan fingerprint density at radius 3 is 2.87 bits per heavy atom. The van der Waals surface area contributed by atoms with Gasteiger partial charge in [0, 0.05) is 13.1 Å². The van der Waals surface area contributed by atoms with Crippen molar-refractivity contribution in [3.63, 3.8) is 0 Å². The third kappa shape index (κ3) is 2.39. The summed E-state index contributed by atoms with van der Waals surface area (Å²) < 4.78 is 0. The summed E-state index contributed by atoms with van der Waals surface area (Å²) in [7, 11) is 4.24. The molecule has 2 rings (SSSR count). The molecular formula is C13H20N2. The van der Waals surface area contributed by atoms with Crippen LogP contribution in [0.2, 0.25) is 0 Å². The van der Waals surface area contributed by atoms with Crippen molar-refractivity contribution in [1.29, 1.82) is 0 Å². The highest BCUT2D eigenvalue weighted by molar-refractivity contribution is 5.40. The number of fused-ring (bicyclic) bond motifs is 1. The molecule has 1 aromatic rings. The number of benzene rings is 1. The third-order valence-electron chi connectivity index (χ3n) is 3.00. The van der Waals surface area contributed by atoms with Gasteiger partial charge in [0.15, 0.2) is 0 Å². The van der Waals surface area contributed by atoms with Crippen LogP contribution in [0, 0.1) is 6.92 Å². The number of nitrogens with zero attached hydrogens (tertiary/aromatic N) is 1. The second kappa shape index (κ2) is 4.33. The average Bonchev–Trinajstić information content (AvgIpc) is 2.16. The van der Waals surface area contributed by atoms with Crippen molar-refractivity contribution in [2.75, 3.05) is 20.6 Å². The molecule has 0 aromatic heterocycles. The Labute approximate surface area is 92.3 Å². The SMILES string of the molecule is Cc1cc(CN(C)C)cc2c1CNCC2. The van der Waals surface area contributed by atoms with Crippen molar-refractivity contribution in [3.05, 3.63) is 34.4 Å². The van der Waals surface area contributed by atoms with Crippen LogP contribution in [0.5, 0.6) is 0 Å². The van der Waals surface area contributed by atoms with Crippen LogP contribution in [0.15, 0.2) is 12.1 Å². The van der Waals surface area contributed by atoms with Gasteiger partial charge in [0.1, 0.15) is 0 Å². The third-order valence-corrected chi connectivity index (χ3v) is 3.00. The molecule has 1 aromatic carbocycles. The highest BCUT2D eigenvalue weighted by Gasteiger charge is 2.12. The minimum Gasteiger partial charge on any atom is -0.312 e. The van der Waals surface area contributed by atoms with E-state index in [1.165, 1.54) is 23.1 Å². The molecule has 0 fully saturated rings. The maximum Gasteiger partial charge on any atom is 0.0227 e. The molecule has 0 saturated carbocycles. The second-order valence-corrected chi connectivity index (χ2v) is 4.71. The summed E-state index contributed by atoms with van der Waals surface area (Å²) in [6.45, 7) is 5.44. The van der Waals surface area contributed by atoms with E-state index in [1.807, 2.05) is 0 Å². The van der Waals surface area contributed by atoms with Gasteiger partial charge in [-0.2, -0.15) is 0 Å². The zero-order valence-electron chi connectivity index (χ0n) is 9.93. The molecule has 0 aliphatic carbocycles. The van der Waals surface area contributed by atoms with Crippen LogP contribution in [0.25, 0.3) is 0 Å². The fourth-order valence-corrected chi connectivity index (χ4v) is 2.34. The van der Waals surface area contributed by atoms with E-state index in [-0.39, 0.29) is 0 Å². The predicted octanol–water partition coefficient (Wildman–Crippen LogP) is 1.70. The van der Waals surface area contributed by atoms with Gasteiger partial charge >= 0.3 is 0 Å². The second-order valence-electron chi connectivity index (χ2n) is 4.71. The lowest BCUT2D eigenvalue weighted by Crippen LogP contribution is -2.25. The lowest BCUT2D eigenvalue weighted by atomic mass is 9.94. The summed E-state index contributed by atoms with van der Waals surface area (Å²) in [5.74, 6) is 0. The lowest BCUT2D eigenvalue weighted by molar-refractivity contribution is 0.402. The Morgan fingerprint density at radius 1 is 1.33 bits per heavy atom. The largest absolute Gasteiger partial charge is 0.312 e. The molecule has 2 nitrogen and oxygen atoms in total. The molecule has 0 saturated heterocycles. The molecule has 0 spiro atoms. The zero-order valence-corrected chi connectivity index (χ0v) is 9.93. The molecular weight excluding hydrogens is 184 g/mol. The summed E-state index contributed by atoms with van der Waals surface area (Å²) in [5.41, 5.74) is 5.95. The number of hydrogen-bond acceptors (Lipinski definition) is 2. The van der Waals surface area contributed by atoms with E-state index in [1.54, 1.807) is 5.56 Å². The van der Waals surface area contributed by atoms with E-state index in [9.17, 15) is 0 Å². The molecule has 0 radical (unpaired) electrons. The monoisotopic (exact) mass is 204 g/mol. The van der Waals surface area contributed by atoms with Gasteiger partial charge in [0.05, 0.1) is 0 Å². The Balaban J connectivity index is 2.32. The summed E-state index contributed by atoms with van der Waals surface area (Å²) >= 11 is 0. The summed E-state index contributed by atoms with van der Waals surface area (Å²) in [6.07, 6.45) is 1.18. The maximum absolute atomic E-state index is 3.43. The minimum atomic E-state index is 1.04. The minimum absolute atomic E-state index is 1.04. The van der Waals surface area contributed by atoms with Crippen molar-refractivity contribution in [2.45, 2.75) is 26.4 Å². The quantitative estimate of drug-likeness (QED) is 0.789. The van der Waals surface area contributed by atoms with E-state index in [2.05, 4.69) is 43.4 Å². The van der Waals surface area contributed by atoms with Crippen molar-refractivity contribution >= 4 is 0 Å². The zero-order chi connectivity index (χ0) is 10.8. The van der Waals surface area contributed by atoms with Gasteiger partial charge in [0.2, 0.25) is 0 Å². The molecule has 0 atom stereocenters. The molecule has 1 aliphatic rings. The van der Waals surface area contributed by atoms with Gasteiger partial charge in [-0.25, -0.2) is 0 Å². The number of rotatable bonds is 2. The molecule has 0 amide bonds. The smallest absolute Gasteiger partial charge is 0.0227 e. The van der Waals surface area contributed by atoms with Crippen molar-refractivity contribution in [2.24, 2.45) is 0 Å². The fraction of sp³-hybridized carbons (Fsp3) is 0.538. The summed E-state index contributed by atoms with van der Waals surface area (Å²) in [6, 6.07) is 4.70. The van der Waals surface area contributed by atoms with E-state index in [0.717, 1.165) is 19.6 Å². The van der Waals surface area contributed by atoms with Gasteiger partial charge < -0.3 is 10.2 Å². The van der Waals surface area contributed by atoms with Crippen LogP contribution in [0.4, 0.5) is 0 Å². The maximum atomic E-state index is 3.43. The molecule has 1 heterocycles. The summed E-state index contributed by atoms with van der Waals surface area (Å²) in [4.78, 5) is 2.22. The first-order chi connectivity index (χ1) is 7.16. The lowest BCUT2D eigenvalue weighted by Gasteiger charge is -2.21. The molecule has 0 unspecified atom stereocenters. The normalized spacial score (nSPS) is 15.5.